The van der Waals surface area contributed by atoms with Gasteiger partial charge in [0.1, 0.15) is 5.69 Å². The third kappa shape index (κ3) is 3.20. The van der Waals surface area contributed by atoms with Gasteiger partial charge in [-0.25, -0.2) is 4.98 Å². The van der Waals surface area contributed by atoms with E-state index in [1.54, 1.807) is 29.7 Å². The lowest BCUT2D eigenvalue weighted by atomic mass is 10.1. The molecule has 1 unspecified atom stereocenters. The van der Waals surface area contributed by atoms with Crippen molar-refractivity contribution in [2.75, 3.05) is 13.6 Å². The van der Waals surface area contributed by atoms with Gasteiger partial charge < -0.3 is 10.6 Å². The van der Waals surface area contributed by atoms with Crippen molar-refractivity contribution in [2.45, 2.75) is 19.4 Å². The summed E-state index contributed by atoms with van der Waals surface area (Å²) in [6, 6.07) is 3.80. The van der Waals surface area contributed by atoms with Crippen molar-refractivity contribution in [3.05, 3.63) is 46.2 Å². The summed E-state index contributed by atoms with van der Waals surface area (Å²) in [5, 5.41) is 2.70. The van der Waals surface area contributed by atoms with Gasteiger partial charge in [0.15, 0.2) is 0 Å². The number of carbonyl (C=O) groups is 1. The van der Waals surface area contributed by atoms with Crippen LogP contribution in [-0.4, -0.2) is 34.4 Å². The van der Waals surface area contributed by atoms with Crippen molar-refractivity contribution < 1.29 is 4.79 Å². The lowest BCUT2D eigenvalue weighted by molar-refractivity contribution is 0.0737. The van der Waals surface area contributed by atoms with Crippen molar-refractivity contribution in [2.24, 2.45) is 5.73 Å². The van der Waals surface area contributed by atoms with E-state index >= 15 is 0 Å². The van der Waals surface area contributed by atoms with E-state index in [4.69, 9.17) is 5.73 Å². The second-order valence-electron chi connectivity index (χ2n) is 4.54. The van der Waals surface area contributed by atoms with Crippen LogP contribution in [0, 0.1) is 0 Å². The second-order valence-corrected chi connectivity index (χ2v) is 5.48. The van der Waals surface area contributed by atoms with Gasteiger partial charge in [0, 0.05) is 31.2 Å². The maximum absolute atomic E-state index is 12.4. The summed E-state index contributed by atoms with van der Waals surface area (Å²) >= 11 is 1.48. The Morgan fingerprint density at radius 1 is 1.45 bits per heavy atom. The first-order valence-electron chi connectivity index (χ1n) is 6.45. The van der Waals surface area contributed by atoms with Crippen molar-refractivity contribution in [1.29, 1.82) is 0 Å². The lowest BCUT2D eigenvalue weighted by Gasteiger charge is -2.24. The van der Waals surface area contributed by atoms with Gasteiger partial charge in [0.2, 0.25) is 0 Å². The molecule has 0 aliphatic heterocycles. The first-order chi connectivity index (χ1) is 9.63. The van der Waals surface area contributed by atoms with Crippen LogP contribution in [0.3, 0.4) is 0 Å². The standard InChI is InChI=1S/C14H18N4OS/c1-10(11-4-7-16-8-5-11)18(2)14(19)12-9-20-13(17-12)3-6-15/h4-5,7-10H,3,6,15H2,1-2H3. The molecule has 6 heteroatoms. The number of hydrogen-bond acceptors (Lipinski definition) is 5. The smallest absolute Gasteiger partial charge is 0.273 e. The Hall–Kier alpha value is -1.79. The van der Waals surface area contributed by atoms with Crippen molar-refractivity contribution in [3.8, 4) is 0 Å². The minimum absolute atomic E-state index is 0.0230. The van der Waals surface area contributed by atoms with Crippen LogP contribution in [0.4, 0.5) is 0 Å². The van der Waals surface area contributed by atoms with Crippen molar-refractivity contribution >= 4 is 17.2 Å². The molecule has 2 aromatic rings. The zero-order chi connectivity index (χ0) is 14.5. The number of rotatable bonds is 5. The van der Waals surface area contributed by atoms with Crippen molar-refractivity contribution in [3.63, 3.8) is 0 Å². The fourth-order valence-electron chi connectivity index (χ4n) is 1.87. The molecule has 0 aliphatic rings. The Labute approximate surface area is 122 Å². The third-order valence-corrected chi connectivity index (χ3v) is 4.13. The predicted molar refractivity (Wildman–Crippen MR) is 79.6 cm³/mol. The molecule has 2 N–H and O–H groups in total. The maximum Gasteiger partial charge on any atom is 0.273 e. The minimum atomic E-state index is -0.0752. The molecule has 0 aromatic carbocycles. The Balaban J connectivity index is 2.11. The molecule has 1 atom stereocenters. The quantitative estimate of drug-likeness (QED) is 0.912. The molecule has 0 spiro atoms. The number of aromatic nitrogens is 2. The van der Waals surface area contributed by atoms with E-state index in [1.165, 1.54) is 11.3 Å². The molecule has 2 heterocycles. The lowest BCUT2D eigenvalue weighted by Crippen LogP contribution is -2.30. The van der Waals surface area contributed by atoms with Gasteiger partial charge in [0.25, 0.3) is 5.91 Å². The van der Waals surface area contributed by atoms with Gasteiger partial charge in [0.05, 0.1) is 11.0 Å². The van der Waals surface area contributed by atoms with Gasteiger partial charge in [-0.1, -0.05) is 0 Å². The highest BCUT2D eigenvalue weighted by atomic mass is 32.1. The van der Waals surface area contributed by atoms with Crippen molar-refractivity contribution in [1.82, 2.24) is 14.9 Å². The molecular formula is C14H18N4OS. The predicted octanol–water partition coefficient (Wildman–Crippen LogP) is 1.87. The number of pyridine rings is 1. The Bertz CT molecular complexity index is 570. The number of amides is 1. The highest BCUT2D eigenvalue weighted by Crippen LogP contribution is 2.20. The van der Waals surface area contributed by atoms with Crippen LogP contribution in [0.2, 0.25) is 0 Å². The second kappa shape index (κ2) is 6.58. The normalized spacial score (nSPS) is 12.2. The van der Waals surface area contributed by atoms with Crippen LogP contribution >= 0.6 is 11.3 Å². The van der Waals surface area contributed by atoms with Crippen LogP contribution in [0.25, 0.3) is 0 Å². The molecule has 20 heavy (non-hydrogen) atoms. The Morgan fingerprint density at radius 2 is 2.15 bits per heavy atom. The van der Waals surface area contributed by atoms with E-state index in [0.717, 1.165) is 10.6 Å². The summed E-state index contributed by atoms with van der Waals surface area (Å²) in [4.78, 5) is 22.4. The largest absolute Gasteiger partial charge is 0.334 e. The first-order valence-corrected chi connectivity index (χ1v) is 7.33. The molecule has 2 rings (SSSR count). The summed E-state index contributed by atoms with van der Waals surface area (Å²) in [5.74, 6) is -0.0752. The molecule has 0 bridgehead atoms. The van der Waals surface area contributed by atoms with Crippen LogP contribution in [-0.2, 0) is 6.42 Å². The molecule has 106 valence electrons. The summed E-state index contributed by atoms with van der Waals surface area (Å²) < 4.78 is 0. The fraction of sp³-hybridized carbons (Fsp3) is 0.357. The number of nitrogens with two attached hydrogens (primary N) is 1. The van der Waals surface area contributed by atoms with E-state index < -0.39 is 0 Å². The average molecular weight is 290 g/mol. The highest BCUT2D eigenvalue weighted by Gasteiger charge is 2.21. The summed E-state index contributed by atoms with van der Waals surface area (Å²) in [5.41, 5.74) is 7.03. The number of hydrogen-bond donors (Lipinski definition) is 1. The topological polar surface area (TPSA) is 72.1 Å². The molecule has 0 saturated heterocycles. The van der Waals surface area contributed by atoms with Gasteiger partial charge in [-0.05, 0) is 31.2 Å². The molecule has 5 nitrogen and oxygen atoms in total. The zero-order valence-electron chi connectivity index (χ0n) is 11.6. The van der Waals surface area contributed by atoms with Crippen LogP contribution in [0.15, 0.2) is 29.9 Å². The van der Waals surface area contributed by atoms with Gasteiger partial charge >= 0.3 is 0 Å². The van der Waals surface area contributed by atoms with E-state index in [-0.39, 0.29) is 11.9 Å². The first kappa shape index (κ1) is 14.6. The molecule has 1 amide bonds. The monoisotopic (exact) mass is 290 g/mol. The minimum Gasteiger partial charge on any atom is -0.334 e. The molecule has 0 aliphatic carbocycles. The zero-order valence-corrected chi connectivity index (χ0v) is 12.4. The van der Waals surface area contributed by atoms with Gasteiger partial charge in [-0.3, -0.25) is 9.78 Å². The average Bonchev–Trinajstić information content (AvgIpc) is 2.95. The SMILES string of the molecule is CC(c1ccncc1)N(C)C(=O)c1csc(CCN)n1. The van der Waals surface area contributed by atoms with E-state index in [9.17, 15) is 4.79 Å². The fourth-order valence-corrected chi connectivity index (χ4v) is 2.66. The highest BCUT2D eigenvalue weighted by molar-refractivity contribution is 7.09. The number of thiazole rings is 1. The molecule has 0 fully saturated rings. The Kier molecular flexibility index (Phi) is 4.81. The van der Waals surface area contributed by atoms with E-state index in [1.807, 2.05) is 19.1 Å². The molecular weight excluding hydrogens is 272 g/mol. The van der Waals surface area contributed by atoms with Gasteiger partial charge in [-0.15, -0.1) is 11.3 Å². The van der Waals surface area contributed by atoms with Crippen LogP contribution in [0.1, 0.15) is 34.0 Å². The third-order valence-electron chi connectivity index (χ3n) is 3.22. The van der Waals surface area contributed by atoms with E-state index in [2.05, 4.69) is 9.97 Å². The number of nitrogens with zero attached hydrogens (tertiary/aromatic N) is 3. The molecule has 0 radical (unpaired) electrons. The van der Waals surface area contributed by atoms with Crippen LogP contribution < -0.4 is 5.73 Å². The van der Waals surface area contributed by atoms with E-state index in [0.29, 0.717) is 18.7 Å². The summed E-state index contributed by atoms with van der Waals surface area (Å²) in [7, 11) is 1.79. The number of carbonyl (C=O) groups excluding carboxylic acids is 1. The Morgan fingerprint density at radius 3 is 2.80 bits per heavy atom. The molecule has 2 aromatic heterocycles. The molecule has 0 saturated carbocycles. The summed E-state index contributed by atoms with van der Waals surface area (Å²) in [6.07, 6.45) is 4.17. The van der Waals surface area contributed by atoms with Crippen LogP contribution in [0.5, 0.6) is 0 Å². The maximum atomic E-state index is 12.4. The van der Waals surface area contributed by atoms with Gasteiger partial charge in [-0.2, -0.15) is 0 Å². The summed E-state index contributed by atoms with van der Waals surface area (Å²) in [6.45, 7) is 2.53.